The van der Waals surface area contributed by atoms with Gasteiger partial charge in [-0.25, -0.2) is 9.78 Å². The first-order valence-corrected chi connectivity index (χ1v) is 10.4. The van der Waals surface area contributed by atoms with Gasteiger partial charge >= 0.3 is 12.1 Å². The van der Waals surface area contributed by atoms with Gasteiger partial charge in [-0.05, 0) is 35.5 Å². The van der Waals surface area contributed by atoms with Crippen LogP contribution in [0.15, 0.2) is 23.0 Å². The average Bonchev–Trinajstić information content (AvgIpc) is 3.34. The van der Waals surface area contributed by atoms with Crippen LogP contribution >= 0.6 is 11.3 Å². The fourth-order valence-corrected chi connectivity index (χ4v) is 3.62. The summed E-state index contributed by atoms with van der Waals surface area (Å²) in [5.41, 5.74) is 2.21. The molecule has 1 aliphatic heterocycles. The first kappa shape index (κ1) is 23.9. The summed E-state index contributed by atoms with van der Waals surface area (Å²) in [5, 5.41) is 11.2. The second-order valence-electron chi connectivity index (χ2n) is 6.73. The Hall–Kier alpha value is -2.40. The van der Waals surface area contributed by atoms with Gasteiger partial charge in [-0.3, -0.25) is 9.69 Å². The van der Waals surface area contributed by atoms with Gasteiger partial charge in [0.05, 0.1) is 18.7 Å². The highest BCUT2D eigenvalue weighted by Gasteiger charge is 2.38. The molecule has 2 aromatic heterocycles. The van der Waals surface area contributed by atoms with E-state index in [0.29, 0.717) is 13.0 Å². The zero-order valence-corrected chi connectivity index (χ0v) is 17.7. The number of nitrogens with zero attached hydrogens (tertiary/aromatic N) is 4. The van der Waals surface area contributed by atoms with Crippen molar-refractivity contribution in [1.82, 2.24) is 19.4 Å². The molecular weight excluding hydrogens is 421 g/mol. The van der Waals surface area contributed by atoms with Crippen molar-refractivity contribution in [3.8, 4) is 0 Å². The molecule has 0 spiro atoms. The standard InChI is InChI=1S/C17H24N4OS.C2HF3O2/c1-3-19(4-2)10-15-11-20-6-7-21(12-16(20)18-15)17(22)9-14-5-8-23-13-14;3-2(4,5)1(6)7/h5,8,11,13H,3-4,6-7,9-10,12H2,1-2H3;(H,6,7). The Bertz CT molecular complexity index is 833. The van der Waals surface area contributed by atoms with Crippen LogP contribution in [0, 0.1) is 0 Å². The summed E-state index contributed by atoms with van der Waals surface area (Å²) in [6.07, 6.45) is -2.44. The molecule has 0 radical (unpaired) electrons. The highest BCUT2D eigenvalue weighted by atomic mass is 32.1. The van der Waals surface area contributed by atoms with E-state index in [4.69, 9.17) is 14.9 Å². The van der Waals surface area contributed by atoms with E-state index in [-0.39, 0.29) is 5.91 Å². The van der Waals surface area contributed by atoms with Crippen molar-refractivity contribution in [3.63, 3.8) is 0 Å². The maximum atomic E-state index is 12.4. The fraction of sp³-hybridized carbons (Fsp3) is 0.526. The molecule has 0 aromatic carbocycles. The molecule has 166 valence electrons. The maximum absolute atomic E-state index is 12.4. The van der Waals surface area contributed by atoms with E-state index < -0.39 is 12.1 Å². The van der Waals surface area contributed by atoms with E-state index in [9.17, 15) is 18.0 Å². The number of carbonyl (C=O) groups is 2. The summed E-state index contributed by atoms with van der Waals surface area (Å²) in [4.78, 5) is 30.4. The Morgan fingerprint density at radius 1 is 1.27 bits per heavy atom. The molecule has 0 fully saturated rings. The zero-order chi connectivity index (χ0) is 22.3. The number of rotatable bonds is 6. The van der Waals surface area contributed by atoms with Crippen LogP contribution in [0.3, 0.4) is 0 Å². The molecule has 1 N–H and O–H groups in total. The Morgan fingerprint density at radius 3 is 2.47 bits per heavy atom. The Labute approximate surface area is 176 Å². The summed E-state index contributed by atoms with van der Waals surface area (Å²) in [6.45, 7) is 9.53. The lowest BCUT2D eigenvalue weighted by molar-refractivity contribution is -0.192. The first-order valence-electron chi connectivity index (χ1n) is 9.50. The number of imidazole rings is 1. The number of aromatic nitrogens is 2. The van der Waals surface area contributed by atoms with Crippen molar-refractivity contribution < 1.29 is 27.9 Å². The summed E-state index contributed by atoms with van der Waals surface area (Å²) in [5.74, 6) is -1.55. The van der Waals surface area contributed by atoms with Crippen LogP contribution in [0.5, 0.6) is 0 Å². The normalized spacial score (nSPS) is 13.6. The summed E-state index contributed by atoms with van der Waals surface area (Å²) < 4.78 is 33.9. The second-order valence-corrected chi connectivity index (χ2v) is 7.51. The Kier molecular flexibility index (Phi) is 8.42. The van der Waals surface area contributed by atoms with Crippen molar-refractivity contribution in [1.29, 1.82) is 0 Å². The molecule has 3 heterocycles. The minimum Gasteiger partial charge on any atom is -0.475 e. The molecule has 1 amide bonds. The molecule has 2 aromatic rings. The highest BCUT2D eigenvalue weighted by molar-refractivity contribution is 7.08. The summed E-state index contributed by atoms with van der Waals surface area (Å²) in [6, 6.07) is 2.02. The molecule has 0 bridgehead atoms. The van der Waals surface area contributed by atoms with Gasteiger partial charge in [0.1, 0.15) is 5.82 Å². The Balaban J connectivity index is 0.000000396. The molecule has 0 unspecified atom stereocenters. The lowest BCUT2D eigenvalue weighted by Gasteiger charge is -2.27. The highest BCUT2D eigenvalue weighted by Crippen LogP contribution is 2.16. The number of hydrogen-bond acceptors (Lipinski definition) is 5. The van der Waals surface area contributed by atoms with Crippen LogP contribution in [0.2, 0.25) is 0 Å². The number of halogens is 3. The number of fused-ring (bicyclic) bond motifs is 1. The van der Waals surface area contributed by atoms with Gasteiger partial charge in [0.2, 0.25) is 5.91 Å². The maximum Gasteiger partial charge on any atom is 0.490 e. The van der Waals surface area contributed by atoms with Gasteiger partial charge in [-0.15, -0.1) is 0 Å². The average molecular weight is 446 g/mol. The molecule has 30 heavy (non-hydrogen) atoms. The van der Waals surface area contributed by atoms with E-state index in [1.54, 1.807) is 11.3 Å². The van der Waals surface area contributed by atoms with Crippen molar-refractivity contribution in [3.05, 3.63) is 40.1 Å². The van der Waals surface area contributed by atoms with Gasteiger partial charge in [0, 0.05) is 25.8 Å². The van der Waals surface area contributed by atoms with Crippen LogP contribution in [-0.4, -0.2) is 62.1 Å². The largest absolute Gasteiger partial charge is 0.490 e. The molecule has 1 aliphatic rings. The molecular formula is C19H25F3N4O3S. The van der Waals surface area contributed by atoms with E-state index in [1.165, 1.54) is 0 Å². The third kappa shape index (κ3) is 6.84. The fourth-order valence-electron chi connectivity index (χ4n) is 2.96. The van der Waals surface area contributed by atoms with Crippen molar-refractivity contribution in [2.75, 3.05) is 19.6 Å². The molecule has 0 saturated heterocycles. The predicted molar refractivity (Wildman–Crippen MR) is 106 cm³/mol. The number of amides is 1. The van der Waals surface area contributed by atoms with Crippen LogP contribution in [0.4, 0.5) is 13.2 Å². The number of alkyl halides is 3. The zero-order valence-electron chi connectivity index (χ0n) is 16.9. The van der Waals surface area contributed by atoms with Crippen LogP contribution < -0.4 is 0 Å². The first-order chi connectivity index (χ1) is 14.1. The Morgan fingerprint density at radius 2 is 1.93 bits per heavy atom. The number of carbonyl (C=O) groups excluding carboxylic acids is 1. The van der Waals surface area contributed by atoms with E-state index in [1.807, 2.05) is 21.7 Å². The minimum absolute atomic E-state index is 0.197. The quantitative estimate of drug-likeness (QED) is 0.738. The van der Waals surface area contributed by atoms with Gasteiger partial charge in [0.15, 0.2) is 0 Å². The summed E-state index contributed by atoms with van der Waals surface area (Å²) in [7, 11) is 0. The molecule has 0 aliphatic carbocycles. The number of thiophene rings is 1. The van der Waals surface area contributed by atoms with E-state index >= 15 is 0 Å². The molecule has 3 rings (SSSR count). The lowest BCUT2D eigenvalue weighted by Crippen LogP contribution is -2.39. The van der Waals surface area contributed by atoms with Crippen molar-refractivity contribution in [2.45, 2.75) is 46.1 Å². The van der Waals surface area contributed by atoms with E-state index in [0.717, 1.165) is 49.8 Å². The second kappa shape index (κ2) is 10.6. The number of carboxylic acids is 1. The monoisotopic (exact) mass is 446 g/mol. The third-order valence-corrected chi connectivity index (χ3v) is 5.39. The predicted octanol–water partition coefficient (Wildman–Crippen LogP) is 3.00. The number of carboxylic acid groups (broad SMARTS) is 1. The molecule has 11 heteroatoms. The van der Waals surface area contributed by atoms with Gasteiger partial charge in [0.25, 0.3) is 0 Å². The minimum atomic E-state index is -5.08. The van der Waals surface area contributed by atoms with Crippen LogP contribution in [0.25, 0.3) is 0 Å². The lowest BCUT2D eigenvalue weighted by atomic mass is 10.2. The van der Waals surface area contributed by atoms with Gasteiger partial charge < -0.3 is 14.6 Å². The topological polar surface area (TPSA) is 78.7 Å². The third-order valence-electron chi connectivity index (χ3n) is 4.66. The van der Waals surface area contributed by atoms with Crippen LogP contribution in [-0.2, 0) is 35.6 Å². The van der Waals surface area contributed by atoms with Crippen LogP contribution in [0.1, 0.15) is 30.9 Å². The SMILES string of the molecule is CCN(CC)Cc1cn2c(n1)CN(C(=O)Cc1ccsc1)CC2.O=C(O)C(F)(F)F. The van der Waals surface area contributed by atoms with E-state index in [2.05, 4.69) is 29.5 Å². The number of aliphatic carboxylic acids is 1. The smallest absolute Gasteiger partial charge is 0.475 e. The van der Waals surface area contributed by atoms with Crippen molar-refractivity contribution >= 4 is 23.2 Å². The molecule has 0 saturated carbocycles. The van der Waals surface area contributed by atoms with Crippen molar-refractivity contribution in [2.24, 2.45) is 0 Å². The van der Waals surface area contributed by atoms with Gasteiger partial charge in [-0.2, -0.15) is 24.5 Å². The molecule has 0 atom stereocenters. The summed E-state index contributed by atoms with van der Waals surface area (Å²) >= 11 is 1.64. The molecule has 7 nitrogen and oxygen atoms in total. The van der Waals surface area contributed by atoms with Gasteiger partial charge in [-0.1, -0.05) is 13.8 Å². The number of hydrogen-bond donors (Lipinski definition) is 1.